The highest BCUT2D eigenvalue weighted by Gasteiger charge is 2.30. The summed E-state index contributed by atoms with van der Waals surface area (Å²) in [6.07, 6.45) is -3.83. The second-order valence-electron chi connectivity index (χ2n) is 3.16. The van der Waals surface area contributed by atoms with Crippen molar-refractivity contribution in [2.24, 2.45) is 0 Å². The Balaban J connectivity index is 2.43. The van der Waals surface area contributed by atoms with E-state index in [1.54, 1.807) is 0 Å². The summed E-state index contributed by atoms with van der Waals surface area (Å²) in [6.45, 7) is 0. The fourth-order valence-electron chi connectivity index (χ4n) is 1.19. The van der Waals surface area contributed by atoms with Crippen molar-refractivity contribution in [1.82, 2.24) is 9.97 Å². The normalized spacial score (nSPS) is 13.1. The standard InChI is InChI=1S/C11H7F3N2O/c12-11(13,14)7-4-5-8(15-6-7)9-2-1-3-10(17)16-9/h1-6H,(H,16,17)/i1D,3D. The van der Waals surface area contributed by atoms with Gasteiger partial charge in [-0.1, -0.05) is 6.04 Å². The van der Waals surface area contributed by atoms with E-state index >= 15 is 0 Å². The number of pyridine rings is 2. The summed E-state index contributed by atoms with van der Waals surface area (Å²) >= 11 is 0. The van der Waals surface area contributed by atoms with Gasteiger partial charge in [-0.05, 0) is 18.2 Å². The summed E-state index contributed by atoms with van der Waals surface area (Å²) in [4.78, 5) is 7.19. The molecule has 0 atom stereocenters. The molecule has 0 saturated carbocycles. The Labute approximate surface area is 97.4 Å². The quantitative estimate of drug-likeness (QED) is 0.836. The van der Waals surface area contributed by atoms with Crippen molar-refractivity contribution in [3.8, 4) is 17.3 Å². The van der Waals surface area contributed by atoms with Crippen molar-refractivity contribution in [3.63, 3.8) is 0 Å². The zero-order chi connectivity index (χ0) is 14.2. The zero-order valence-electron chi connectivity index (χ0n) is 10.3. The third-order valence-electron chi connectivity index (χ3n) is 1.97. The van der Waals surface area contributed by atoms with Gasteiger partial charge in [0.1, 0.15) is 0 Å². The Morgan fingerprint density at radius 2 is 1.94 bits per heavy atom. The third-order valence-corrected chi connectivity index (χ3v) is 1.97. The van der Waals surface area contributed by atoms with Gasteiger partial charge in [0.15, 0.2) is 0 Å². The van der Waals surface area contributed by atoms with E-state index in [9.17, 15) is 18.3 Å². The lowest BCUT2D eigenvalue weighted by atomic mass is 10.2. The molecule has 0 aliphatic heterocycles. The number of nitrogens with zero attached hydrogens (tertiary/aromatic N) is 2. The molecule has 17 heavy (non-hydrogen) atoms. The summed E-state index contributed by atoms with van der Waals surface area (Å²) < 4.78 is 51.7. The van der Waals surface area contributed by atoms with Gasteiger partial charge in [-0.15, -0.1) is 0 Å². The van der Waals surface area contributed by atoms with Gasteiger partial charge in [0.05, 0.1) is 19.7 Å². The fraction of sp³-hybridized carbons (Fsp3) is 0.0909. The molecule has 2 aromatic rings. The van der Waals surface area contributed by atoms with Gasteiger partial charge in [-0.25, -0.2) is 4.98 Å². The van der Waals surface area contributed by atoms with Crippen LogP contribution in [0.2, 0.25) is 0 Å². The summed E-state index contributed by atoms with van der Waals surface area (Å²) in [6, 6.07) is 2.34. The average Bonchev–Trinajstić information content (AvgIpc) is 2.34. The predicted octanol–water partition coefficient (Wildman–Crippen LogP) is 2.87. The molecular weight excluding hydrogens is 233 g/mol. The number of rotatable bonds is 1. The lowest BCUT2D eigenvalue weighted by Gasteiger charge is -2.06. The molecule has 2 aromatic heterocycles. The molecule has 0 unspecified atom stereocenters. The van der Waals surface area contributed by atoms with Crippen LogP contribution in [0.4, 0.5) is 13.2 Å². The van der Waals surface area contributed by atoms with Crippen molar-refractivity contribution >= 4 is 0 Å². The smallest absolute Gasteiger partial charge is 0.417 e. The molecule has 0 fully saturated rings. The van der Waals surface area contributed by atoms with E-state index < -0.39 is 23.7 Å². The number of aromatic hydroxyl groups is 1. The molecule has 88 valence electrons. The van der Waals surface area contributed by atoms with E-state index in [0.717, 1.165) is 18.2 Å². The van der Waals surface area contributed by atoms with Gasteiger partial charge < -0.3 is 5.11 Å². The zero-order valence-corrected chi connectivity index (χ0v) is 8.28. The van der Waals surface area contributed by atoms with Gasteiger partial charge in [0, 0.05) is 12.2 Å². The maximum Gasteiger partial charge on any atom is 0.417 e. The molecule has 0 saturated heterocycles. The van der Waals surface area contributed by atoms with Crippen LogP contribution in [0.5, 0.6) is 5.88 Å². The van der Waals surface area contributed by atoms with Crippen LogP contribution in [0.15, 0.2) is 36.5 Å². The lowest BCUT2D eigenvalue weighted by Crippen LogP contribution is -2.05. The van der Waals surface area contributed by atoms with Crippen LogP contribution in [0, 0.1) is 0 Å². The van der Waals surface area contributed by atoms with Gasteiger partial charge in [-0.2, -0.15) is 13.2 Å². The Bertz CT molecular complexity index is 591. The van der Waals surface area contributed by atoms with Crippen molar-refractivity contribution in [3.05, 3.63) is 42.0 Å². The van der Waals surface area contributed by atoms with E-state index in [-0.39, 0.29) is 17.4 Å². The molecule has 0 aliphatic carbocycles. The average molecular weight is 242 g/mol. The molecule has 1 N–H and O–H groups in total. The first-order valence-electron chi connectivity index (χ1n) is 5.50. The SMILES string of the molecule is [2H]c1cc(-c2ccc(C(F)(F)F)cn2)nc(O)c1[2H]. The highest BCUT2D eigenvalue weighted by atomic mass is 19.4. The minimum Gasteiger partial charge on any atom is -0.493 e. The maximum absolute atomic E-state index is 12.4. The van der Waals surface area contributed by atoms with Crippen LogP contribution < -0.4 is 0 Å². The van der Waals surface area contributed by atoms with Gasteiger partial charge in [0.2, 0.25) is 5.88 Å². The summed E-state index contributed by atoms with van der Waals surface area (Å²) in [5.41, 5.74) is -0.785. The first-order chi connectivity index (χ1) is 8.79. The minimum absolute atomic E-state index is 0.0345. The first-order valence-corrected chi connectivity index (χ1v) is 4.50. The highest BCUT2D eigenvalue weighted by Crippen LogP contribution is 2.29. The molecule has 0 bridgehead atoms. The summed E-state index contributed by atoms with van der Waals surface area (Å²) in [5.74, 6) is -0.663. The van der Waals surface area contributed by atoms with Gasteiger partial charge >= 0.3 is 6.18 Å². The molecule has 0 aromatic carbocycles. The summed E-state index contributed by atoms with van der Waals surface area (Å²) in [7, 11) is 0. The molecule has 0 radical (unpaired) electrons. The van der Waals surface area contributed by atoms with Crippen LogP contribution in [0.1, 0.15) is 8.30 Å². The van der Waals surface area contributed by atoms with E-state index in [2.05, 4.69) is 9.97 Å². The summed E-state index contributed by atoms with van der Waals surface area (Å²) in [5, 5.41) is 9.30. The van der Waals surface area contributed by atoms with Crippen LogP contribution in [-0.4, -0.2) is 15.1 Å². The van der Waals surface area contributed by atoms with Crippen LogP contribution in [0.25, 0.3) is 11.4 Å². The fourth-order valence-corrected chi connectivity index (χ4v) is 1.19. The molecule has 2 heterocycles. The number of alkyl halides is 3. The van der Waals surface area contributed by atoms with Gasteiger partial charge in [0.25, 0.3) is 0 Å². The number of halogens is 3. The monoisotopic (exact) mass is 242 g/mol. The number of hydrogen-bond acceptors (Lipinski definition) is 3. The van der Waals surface area contributed by atoms with Crippen molar-refractivity contribution in [1.29, 1.82) is 0 Å². The molecule has 0 spiro atoms. The third kappa shape index (κ3) is 2.52. The Hall–Kier alpha value is -2.11. The molecule has 6 heteroatoms. The maximum atomic E-state index is 12.4. The molecular formula is C11H7F3N2O. The van der Waals surface area contributed by atoms with Crippen LogP contribution in [-0.2, 0) is 6.18 Å². The Morgan fingerprint density at radius 1 is 1.18 bits per heavy atom. The van der Waals surface area contributed by atoms with Crippen molar-refractivity contribution < 1.29 is 21.0 Å². The van der Waals surface area contributed by atoms with Gasteiger partial charge in [-0.3, -0.25) is 4.98 Å². The topological polar surface area (TPSA) is 46.0 Å². The van der Waals surface area contributed by atoms with Crippen molar-refractivity contribution in [2.75, 3.05) is 0 Å². The molecule has 0 aliphatic rings. The van der Waals surface area contributed by atoms with E-state index in [4.69, 9.17) is 2.74 Å². The Morgan fingerprint density at radius 3 is 2.47 bits per heavy atom. The predicted molar refractivity (Wildman–Crippen MR) is 54.1 cm³/mol. The van der Waals surface area contributed by atoms with E-state index in [1.165, 1.54) is 0 Å². The Kier molecular flexibility index (Phi) is 2.14. The number of aromatic nitrogens is 2. The first kappa shape index (κ1) is 8.98. The molecule has 0 amide bonds. The lowest BCUT2D eigenvalue weighted by molar-refractivity contribution is -0.137. The van der Waals surface area contributed by atoms with Crippen LogP contribution in [0.3, 0.4) is 0 Å². The van der Waals surface area contributed by atoms with Crippen LogP contribution >= 0.6 is 0 Å². The largest absolute Gasteiger partial charge is 0.493 e. The van der Waals surface area contributed by atoms with Crippen molar-refractivity contribution in [2.45, 2.75) is 6.18 Å². The molecule has 2 rings (SSSR count). The second-order valence-corrected chi connectivity index (χ2v) is 3.16. The van der Waals surface area contributed by atoms with E-state index in [1.807, 2.05) is 0 Å². The molecule has 3 nitrogen and oxygen atoms in total. The highest BCUT2D eigenvalue weighted by molar-refractivity contribution is 5.54. The van der Waals surface area contributed by atoms with E-state index in [0.29, 0.717) is 6.20 Å². The second kappa shape index (κ2) is 4.04. The number of hydrogen-bond donors (Lipinski definition) is 1. The minimum atomic E-state index is -4.48.